The normalized spacial score (nSPS) is 11.3. The van der Waals surface area contributed by atoms with Gasteiger partial charge in [0, 0.05) is 10.9 Å². The first kappa shape index (κ1) is 15.8. The van der Waals surface area contributed by atoms with Crippen molar-refractivity contribution in [2.45, 2.75) is 20.8 Å². The van der Waals surface area contributed by atoms with E-state index in [1.807, 2.05) is 45.0 Å². The number of hydrogen-bond donors (Lipinski definition) is 2. The van der Waals surface area contributed by atoms with Crippen molar-refractivity contribution >= 4 is 23.1 Å². The molecule has 3 aromatic rings. The zero-order chi connectivity index (χ0) is 17.3. The number of nitrogens with zero attached hydrogens (tertiary/aromatic N) is 1. The van der Waals surface area contributed by atoms with Crippen LogP contribution < -0.4 is 5.43 Å². The highest BCUT2D eigenvalue weighted by atomic mass is 16.3. The topological polar surface area (TPSA) is 74.8 Å². The maximum Gasteiger partial charge on any atom is 0.307 e. The van der Waals surface area contributed by atoms with Crippen LogP contribution in [0.15, 0.2) is 45.9 Å². The highest BCUT2D eigenvalue weighted by molar-refractivity contribution is 5.99. The fourth-order valence-electron chi connectivity index (χ4n) is 2.67. The smallest absolute Gasteiger partial charge is 0.307 e. The van der Waals surface area contributed by atoms with Crippen molar-refractivity contribution in [2.75, 3.05) is 0 Å². The lowest BCUT2D eigenvalue weighted by molar-refractivity contribution is 0.0929. The van der Waals surface area contributed by atoms with Crippen LogP contribution in [-0.2, 0) is 0 Å². The second-order valence-electron chi connectivity index (χ2n) is 5.75. The van der Waals surface area contributed by atoms with Gasteiger partial charge in [-0.3, -0.25) is 4.79 Å². The van der Waals surface area contributed by atoms with Crippen molar-refractivity contribution in [3.63, 3.8) is 0 Å². The molecule has 0 bridgehead atoms. The first-order valence-electron chi connectivity index (χ1n) is 7.59. The van der Waals surface area contributed by atoms with Crippen LogP contribution in [0.3, 0.4) is 0 Å². The number of hydrogen-bond acceptors (Lipinski definition) is 4. The fraction of sp³-hybridized carbons (Fsp3) is 0.158. The Hall–Kier alpha value is -3.08. The summed E-state index contributed by atoms with van der Waals surface area (Å²) in [6, 6.07) is 11.1. The highest BCUT2D eigenvalue weighted by Crippen LogP contribution is 2.25. The van der Waals surface area contributed by atoms with Gasteiger partial charge in [0.25, 0.3) is 0 Å². The minimum absolute atomic E-state index is 0.256. The van der Waals surface area contributed by atoms with Crippen LogP contribution in [0.25, 0.3) is 11.0 Å². The predicted molar refractivity (Wildman–Crippen MR) is 93.6 cm³/mol. The van der Waals surface area contributed by atoms with Gasteiger partial charge in [-0.05, 0) is 55.7 Å². The van der Waals surface area contributed by atoms with E-state index in [1.165, 1.54) is 6.21 Å². The molecule has 0 aliphatic rings. The number of para-hydroxylation sites is 1. The molecule has 1 amide bonds. The number of hydrazone groups is 1. The Morgan fingerprint density at radius 3 is 2.50 bits per heavy atom. The summed E-state index contributed by atoms with van der Waals surface area (Å²) in [6.07, 6.45) is 1.54. The molecule has 0 fully saturated rings. The van der Waals surface area contributed by atoms with E-state index >= 15 is 0 Å². The molecular formula is C19H18N2O3. The number of carbonyl (C=O) groups excluding carboxylic acids is 1. The third kappa shape index (κ3) is 2.88. The summed E-state index contributed by atoms with van der Waals surface area (Å²) in [6.45, 7) is 5.48. The van der Waals surface area contributed by atoms with E-state index in [0.717, 1.165) is 27.6 Å². The maximum absolute atomic E-state index is 12.3. The molecule has 24 heavy (non-hydrogen) atoms. The molecular weight excluding hydrogens is 304 g/mol. The number of aromatic hydroxyl groups is 1. The standard InChI is InChI=1S/C19H18N2O3/c1-11-8-14(9-12(2)17(11)22)10-20-21-19(23)18-13(3)15-6-4-5-7-16(15)24-18/h4-10,22H,1-3H3,(H,21,23)/b20-10+. The van der Waals surface area contributed by atoms with Crippen LogP contribution in [-0.4, -0.2) is 17.2 Å². The monoisotopic (exact) mass is 322 g/mol. The number of aryl methyl sites for hydroxylation is 3. The zero-order valence-corrected chi connectivity index (χ0v) is 13.8. The highest BCUT2D eigenvalue weighted by Gasteiger charge is 2.16. The third-order valence-corrected chi connectivity index (χ3v) is 3.94. The van der Waals surface area contributed by atoms with Gasteiger partial charge in [-0.2, -0.15) is 5.10 Å². The molecule has 5 nitrogen and oxygen atoms in total. The van der Waals surface area contributed by atoms with Crippen molar-refractivity contribution in [1.82, 2.24) is 5.43 Å². The fourth-order valence-corrected chi connectivity index (χ4v) is 2.67. The number of benzene rings is 2. The van der Waals surface area contributed by atoms with Crippen LogP contribution in [0, 0.1) is 20.8 Å². The largest absolute Gasteiger partial charge is 0.507 e. The molecule has 0 radical (unpaired) electrons. The molecule has 122 valence electrons. The van der Waals surface area contributed by atoms with Gasteiger partial charge in [-0.1, -0.05) is 18.2 Å². The molecule has 0 unspecified atom stereocenters. The molecule has 0 aliphatic carbocycles. The second kappa shape index (κ2) is 6.20. The van der Waals surface area contributed by atoms with Crippen molar-refractivity contribution in [2.24, 2.45) is 5.10 Å². The van der Waals surface area contributed by atoms with E-state index in [9.17, 15) is 9.90 Å². The summed E-state index contributed by atoms with van der Waals surface area (Å²) in [7, 11) is 0. The SMILES string of the molecule is Cc1cc(/C=N/NC(=O)c2oc3ccccc3c2C)cc(C)c1O. The van der Waals surface area contributed by atoms with E-state index < -0.39 is 5.91 Å². The Bertz CT molecular complexity index is 931. The number of nitrogens with one attached hydrogen (secondary N) is 1. The molecule has 0 saturated heterocycles. The average Bonchev–Trinajstić information content (AvgIpc) is 2.90. The average molecular weight is 322 g/mol. The van der Waals surface area contributed by atoms with Gasteiger partial charge in [-0.15, -0.1) is 0 Å². The van der Waals surface area contributed by atoms with E-state index in [2.05, 4.69) is 10.5 Å². The Labute approximate surface area is 139 Å². The summed E-state index contributed by atoms with van der Waals surface area (Å²) in [5.41, 5.74) is 6.25. The quantitative estimate of drug-likeness (QED) is 0.568. The van der Waals surface area contributed by atoms with Crippen LogP contribution >= 0.6 is 0 Å². The third-order valence-electron chi connectivity index (χ3n) is 3.94. The predicted octanol–water partition coefficient (Wildman–Crippen LogP) is 3.83. The van der Waals surface area contributed by atoms with E-state index in [-0.39, 0.29) is 11.5 Å². The minimum Gasteiger partial charge on any atom is -0.507 e. The molecule has 0 aliphatic heterocycles. The van der Waals surface area contributed by atoms with Crippen molar-refractivity contribution in [3.8, 4) is 5.75 Å². The molecule has 2 N–H and O–H groups in total. The summed E-state index contributed by atoms with van der Waals surface area (Å²) in [5.74, 6) is 0.132. The van der Waals surface area contributed by atoms with Gasteiger partial charge >= 0.3 is 5.91 Å². The van der Waals surface area contributed by atoms with Crippen LogP contribution in [0.2, 0.25) is 0 Å². The molecule has 0 spiro atoms. The Morgan fingerprint density at radius 1 is 1.17 bits per heavy atom. The maximum atomic E-state index is 12.3. The van der Waals surface area contributed by atoms with Crippen LogP contribution in [0.4, 0.5) is 0 Å². The van der Waals surface area contributed by atoms with E-state index in [4.69, 9.17) is 4.42 Å². The lowest BCUT2D eigenvalue weighted by Crippen LogP contribution is -2.17. The van der Waals surface area contributed by atoms with Gasteiger partial charge in [0.1, 0.15) is 11.3 Å². The Morgan fingerprint density at radius 2 is 1.83 bits per heavy atom. The lowest BCUT2D eigenvalue weighted by atomic mass is 10.1. The molecule has 0 atom stereocenters. The summed E-state index contributed by atoms with van der Waals surface area (Å²) < 4.78 is 5.60. The first-order valence-corrected chi connectivity index (χ1v) is 7.59. The number of fused-ring (bicyclic) bond motifs is 1. The van der Waals surface area contributed by atoms with Gasteiger partial charge in [0.15, 0.2) is 5.76 Å². The van der Waals surface area contributed by atoms with Crippen LogP contribution in [0.5, 0.6) is 5.75 Å². The molecule has 3 rings (SSSR count). The minimum atomic E-state index is -0.396. The van der Waals surface area contributed by atoms with Crippen molar-refractivity contribution in [3.05, 3.63) is 64.4 Å². The number of rotatable bonds is 3. The van der Waals surface area contributed by atoms with E-state index in [0.29, 0.717) is 5.58 Å². The number of carbonyl (C=O) groups is 1. The molecule has 1 aromatic heterocycles. The van der Waals surface area contributed by atoms with Gasteiger partial charge in [0.2, 0.25) is 0 Å². The summed E-state index contributed by atoms with van der Waals surface area (Å²) in [5, 5.41) is 14.7. The van der Waals surface area contributed by atoms with Gasteiger partial charge in [0.05, 0.1) is 6.21 Å². The molecule has 0 saturated carbocycles. The summed E-state index contributed by atoms with van der Waals surface area (Å²) in [4.78, 5) is 12.3. The first-order chi connectivity index (χ1) is 11.5. The Kier molecular flexibility index (Phi) is 4.08. The van der Waals surface area contributed by atoms with Crippen LogP contribution in [0.1, 0.15) is 32.8 Å². The zero-order valence-electron chi connectivity index (χ0n) is 13.8. The lowest BCUT2D eigenvalue weighted by Gasteiger charge is -2.04. The number of furan rings is 1. The number of phenolic OH excluding ortho intramolecular Hbond substituents is 1. The molecule has 1 heterocycles. The molecule has 5 heteroatoms. The number of phenols is 1. The van der Waals surface area contributed by atoms with E-state index in [1.54, 1.807) is 12.1 Å². The second-order valence-corrected chi connectivity index (χ2v) is 5.75. The van der Waals surface area contributed by atoms with Gasteiger partial charge in [-0.25, -0.2) is 5.43 Å². The summed E-state index contributed by atoms with van der Waals surface area (Å²) >= 11 is 0. The van der Waals surface area contributed by atoms with Crippen molar-refractivity contribution in [1.29, 1.82) is 0 Å². The Balaban J connectivity index is 1.78. The molecule has 2 aromatic carbocycles. The van der Waals surface area contributed by atoms with Gasteiger partial charge < -0.3 is 9.52 Å². The number of amides is 1. The van der Waals surface area contributed by atoms with Crippen molar-refractivity contribution < 1.29 is 14.3 Å².